The maximum Gasteiger partial charge on any atom is 0.224 e. The number of nitrogens with one attached hydrogen (secondary N) is 1. The van der Waals surface area contributed by atoms with E-state index in [2.05, 4.69) is 20.4 Å². The summed E-state index contributed by atoms with van der Waals surface area (Å²) >= 11 is 7.72. The molecule has 3 aromatic rings. The molecular formula is C14H16ClN5OS. The Bertz CT molecular complexity index is 784. The van der Waals surface area contributed by atoms with Crippen LogP contribution in [0.1, 0.15) is 22.9 Å². The summed E-state index contributed by atoms with van der Waals surface area (Å²) < 4.78 is 5.82. The fraction of sp³-hybridized carbons (Fsp3) is 0.357. The SMILES string of the molecule is Cc1c(C[C@H](C)N)sc2c(NCc3cnoc3)nc(Cl)nc12. The summed E-state index contributed by atoms with van der Waals surface area (Å²) in [6.45, 7) is 4.60. The van der Waals surface area contributed by atoms with Crippen LogP contribution in [0.2, 0.25) is 5.28 Å². The Morgan fingerprint density at radius 1 is 1.45 bits per heavy atom. The number of fused-ring (bicyclic) bond motifs is 1. The zero-order chi connectivity index (χ0) is 15.7. The molecule has 0 bridgehead atoms. The molecule has 0 saturated carbocycles. The Balaban J connectivity index is 1.98. The smallest absolute Gasteiger partial charge is 0.224 e. The van der Waals surface area contributed by atoms with Crippen LogP contribution in [-0.2, 0) is 13.0 Å². The van der Waals surface area contributed by atoms with Gasteiger partial charge in [0.2, 0.25) is 5.28 Å². The Labute approximate surface area is 136 Å². The summed E-state index contributed by atoms with van der Waals surface area (Å²) in [6, 6.07) is 0.101. The average Bonchev–Trinajstić information content (AvgIpc) is 3.07. The third kappa shape index (κ3) is 3.06. The van der Waals surface area contributed by atoms with Crippen molar-refractivity contribution in [2.24, 2.45) is 5.73 Å². The number of rotatable bonds is 5. The first-order valence-electron chi connectivity index (χ1n) is 6.88. The van der Waals surface area contributed by atoms with E-state index in [9.17, 15) is 0 Å². The summed E-state index contributed by atoms with van der Waals surface area (Å²) in [4.78, 5) is 9.88. The van der Waals surface area contributed by atoms with Crippen LogP contribution in [0.15, 0.2) is 17.0 Å². The molecule has 0 aliphatic carbocycles. The molecule has 0 aliphatic heterocycles. The van der Waals surface area contributed by atoms with Crippen LogP contribution >= 0.6 is 22.9 Å². The molecule has 0 amide bonds. The fourth-order valence-electron chi connectivity index (χ4n) is 2.21. The highest BCUT2D eigenvalue weighted by Gasteiger charge is 2.16. The molecule has 6 nitrogen and oxygen atoms in total. The Kier molecular flexibility index (Phi) is 4.28. The second-order valence-electron chi connectivity index (χ2n) is 5.24. The van der Waals surface area contributed by atoms with Gasteiger partial charge in [-0.1, -0.05) is 5.16 Å². The molecule has 0 radical (unpaired) electrons. The average molecular weight is 338 g/mol. The molecular weight excluding hydrogens is 322 g/mol. The van der Waals surface area contributed by atoms with Crippen LogP contribution in [-0.4, -0.2) is 21.2 Å². The first kappa shape index (κ1) is 15.2. The standard InChI is InChI=1S/C14H16ClN5OS/c1-7(16)3-10-8(2)11-12(22-10)13(20-14(15)19-11)17-4-9-5-18-21-6-9/h5-7H,3-4,16H2,1-2H3,(H,17,19,20)/t7-/m0/s1. The van der Waals surface area contributed by atoms with E-state index < -0.39 is 0 Å². The van der Waals surface area contributed by atoms with Gasteiger partial charge in [-0.15, -0.1) is 11.3 Å². The number of hydrogen-bond donors (Lipinski definition) is 2. The summed E-state index contributed by atoms with van der Waals surface area (Å²) in [5.41, 5.74) is 8.86. The highest BCUT2D eigenvalue weighted by atomic mass is 35.5. The molecule has 3 aromatic heterocycles. The first-order chi connectivity index (χ1) is 10.5. The van der Waals surface area contributed by atoms with Gasteiger partial charge in [0, 0.05) is 23.0 Å². The first-order valence-corrected chi connectivity index (χ1v) is 8.07. The van der Waals surface area contributed by atoms with Crippen molar-refractivity contribution in [3.05, 3.63) is 33.7 Å². The Hall–Kier alpha value is -1.70. The van der Waals surface area contributed by atoms with Gasteiger partial charge in [-0.3, -0.25) is 0 Å². The zero-order valence-corrected chi connectivity index (χ0v) is 13.8. The zero-order valence-electron chi connectivity index (χ0n) is 12.3. The molecule has 116 valence electrons. The Morgan fingerprint density at radius 2 is 2.27 bits per heavy atom. The number of hydrogen-bond acceptors (Lipinski definition) is 7. The lowest BCUT2D eigenvalue weighted by Gasteiger charge is -2.05. The molecule has 3 rings (SSSR count). The van der Waals surface area contributed by atoms with Crippen LogP contribution in [0.3, 0.4) is 0 Å². The van der Waals surface area contributed by atoms with Crippen LogP contribution in [0, 0.1) is 6.92 Å². The maximum atomic E-state index is 6.06. The van der Waals surface area contributed by atoms with Crippen LogP contribution < -0.4 is 11.1 Å². The third-order valence-corrected chi connectivity index (χ3v) is 4.77. The monoisotopic (exact) mass is 337 g/mol. The molecule has 0 spiro atoms. The molecule has 3 N–H and O–H groups in total. The van der Waals surface area contributed by atoms with Crippen LogP contribution in [0.4, 0.5) is 5.82 Å². The topological polar surface area (TPSA) is 89.9 Å². The minimum atomic E-state index is 0.101. The van der Waals surface area contributed by atoms with Gasteiger partial charge in [-0.2, -0.15) is 4.98 Å². The highest BCUT2D eigenvalue weighted by molar-refractivity contribution is 7.19. The van der Waals surface area contributed by atoms with E-state index in [1.165, 1.54) is 4.88 Å². The largest absolute Gasteiger partial charge is 0.364 e. The van der Waals surface area contributed by atoms with Gasteiger partial charge in [0.05, 0.1) is 16.4 Å². The van der Waals surface area contributed by atoms with Crippen molar-refractivity contribution in [1.29, 1.82) is 0 Å². The number of anilines is 1. The van der Waals surface area contributed by atoms with E-state index >= 15 is 0 Å². The Morgan fingerprint density at radius 3 is 2.95 bits per heavy atom. The van der Waals surface area contributed by atoms with Gasteiger partial charge in [-0.05, 0) is 37.4 Å². The van der Waals surface area contributed by atoms with Crippen molar-refractivity contribution >= 4 is 39.0 Å². The second-order valence-corrected chi connectivity index (χ2v) is 6.68. The predicted molar refractivity (Wildman–Crippen MR) is 88.3 cm³/mol. The van der Waals surface area contributed by atoms with Crippen molar-refractivity contribution in [1.82, 2.24) is 15.1 Å². The molecule has 0 unspecified atom stereocenters. The van der Waals surface area contributed by atoms with E-state index in [0.29, 0.717) is 6.54 Å². The van der Waals surface area contributed by atoms with Crippen molar-refractivity contribution in [3.63, 3.8) is 0 Å². The van der Waals surface area contributed by atoms with Gasteiger partial charge < -0.3 is 15.6 Å². The molecule has 1 atom stereocenters. The lowest BCUT2D eigenvalue weighted by Crippen LogP contribution is -2.17. The quantitative estimate of drug-likeness (QED) is 0.695. The lowest BCUT2D eigenvalue weighted by molar-refractivity contribution is 0.419. The van der Waals surface area contributed by atoms with E-state index in [1.807, 2.05) is 13.8 Å². The summed E-state index contributed by atoms with van der Waals surface area (Å²) in [7, 11) is 0. The van der Waals surface area contributed by atoms with Gasteiger partial charge in [0.25, 0.3) is 0 Å². The van der Waals surface area contributed by atoms with E-state index in [0.717, 1.165) is 33.6 Å². The van der Waals surface area contributed by atoms with E-state index in [-0.39, 0.29) is 11.3 Å². The highest BCUT2D eigenvalue weighted by Crippen LogP contribution is 2.35. The fourth-order valence-corrected chi connectivity index (χ4v) is 3.73. The second kappa shape index (κ2) is 6.20. The van der Waals surface area contributed by atoms with Crippen LogP contribution in [0.25, 0.3) is 10.2 Å². The summed E-state index contributed by atoms with van der Waals surface area (Å²) in [5.74, 6) is 0.722. The number of halogens is 1. The molecule has 0 saturated heterocycles. The van der Waals surface area contributed by atoms with Crippen molar-refractivity contribution in [2.75, 3.05) is 5.32 Å². The van der Waals surface area contributed by atoms with Crippen LogP contribution in [0.5, 0.6) is 0 Å². The van der Waals surface area contributed by atoms with Gasteiger partial charge in [0.1, 0.15) is 12.1 Å². The third-order valence-electron chi connectivity index (χ3n) is 3.29. The van der Waals surface area contributed by atoms with Gasteiger partial charge in [0.15, 0.2) is 0 Å². The van der Waals surface area contributed by atoms with Crippen molar-refractivity contribution < 1.29 is 4.52 Å². The van der Waals surface area contributed by atoms with Gasteiger partial charge >= 0.3 is 0 Å². The van der Waals surface area contributed by atoms with Crippen molar-refractivity contribution in [3.8, 4) is 0 Å². The normalized spacial score (nSPS) is 12.7. The van der Waals surface area contributed by atoms with E-state index in [4.69, 9.17) is 21.9 Å². The molecule has 0 aliphatic rings. The number of aryl methyl sites for hydroxylation is 1. The molecule has 8 heteroatoms. The van der Waals surface area contributed by atoms with Crippen molar-refractivity contribution in [2.45, 2.75) is 32.9 Å². The summed E-state index contributed by atoms with van der Waals surface area (Å²) in [5, 5.41) is 7.18. The number of nitrogens with zero attached hydrogens (tertiary/aromatic N) is 3. The number of aromatic nitrogens is 3. The molecule has 3 heterocycles. The minimum absolute atomic E-state index is 0.101. The molecule has 0 aromatic carbocycles. The lowest BCUT2D eigenvalue weighted by atomic mass is 10.1. The summed E-state index contributed by atoms with van der Waals surface area (Å²) in [6.07, 6.45) is 4.07. The molecule has 0 fully saturated rings. The number of thiophene rings is 1. The number of nitrogens with two attached hydrogens (primary N) is 1. The minimum Gasteiger partial charge on any atom is -0.364 e. The maximum absolute atomic E-state index is 6.06. The predicted octanol–water partition coefficient (Wildman–Crippen LogP) is 3.14. The van der Waals surface area contributed by atoms with E-state index in [1.54, 1.807) is 23.8 Å². The molecule has 22 heavy (non-hydrogen) atoms. The van der Waals surface area contributed by atoms with Gasteiger partial charge in [-0.25, -0.2) is 4.98 Å².